The molecule has 0 atom stereocenters. The molecule has 0 aromatic heterocycles. The van der Waals surface area contributed by atoms with E-state index < -0.39 is 0 Å². The molecule has 3 amide bonds. The predicted octanol–water partition coefficient (Wildman–Crippen LogP) is 3.68. The zero-order chi connectivity index (χ0) is 17.8. The van der Waals surface area contributed by atoms with Gasteiger partial charge in [0.2, 0.25) is 5.91 Å². The second-order valence-electron chi connectivity index (χ2n) is 6.80. The van der Waals surface area contributed by atoms with Crippen molar-refractivity contribution in [1.29, 1.82) is 0 Å². The van der Waals surface area contributed by atoms with Crippen molar-refractivity contribution < 1.29 is 14.4 Å². The highest BCUT2D eigenvalue weighted by molar-refractivity contribution is 8.14. The minimum absolute atomic E-state index is 0.0159. The van der Waals surface area contributed by atoms with E-state index in [1.54, 1.807) is 12.1 Å². The van der Waals surface area contributed by atoms with Crippen LogP contribution in [-0.2, 0) is 11.3 Å². The van der Waals surface area contributed by atoms with Crippen molar-refractivity contribution in [3.8, 4) is 0 Å². The first-order valence-corrected chi connectivity index (χ1v) is 9.88. The van der Waals surface area contributed by atoms with Gasteiger partial charge in [-0.2, -0.15) is 0 Å². The van der Waals surface area contributed by atoms with Gasteiger partial charge in [-0.3, -0.25) is 19.3 Å². The number of thioether (sulfide) groups is 1. The van der Waals surface area contributed by atoms with E-state index in [-0.39, 0.29) is 29.4 Å². The lowest BCUT2D eigenvalue weighted by Gasteiger charge is -2.27. The van der Waals surface area contributed by atoms with Crippen LogP contribution in [0.15, 0.2) is 24.3 Å². The maximum Gasteiger partial charge on any atom is 0.289 e. The normalized spacial score (nSPS) is 19.2. The van der Waals surface area contributed by atoms with Crippen LogP contribution in [0, 0.1) is 0 Å². The van der Waals surface area contributed by atoms with Gasteiger partial charge in [-0.1, -0.05) is 49.6 Å². The summed E-state index contributed by atoms with van der Waals surface area (Å²) >= 11 is 1.03. The molecule has 1 aliphatic heterocycles. The molecule has 0 N–H and O–H groups in total. The lowest BCUT2D eigenvalue weighted by molar-refractivity contribution is -0.125. The first-order chi connectivity index (χ1) is 12.1. The summed E-state index contributed by atoms with van der Waals surface area (Å²) in [6.07, 6.45) is 7.00. The van der Waals surface area contributed by atoms with Gasteiger partial charge < -0.3 is 4.90 Å². The van der Waals surface area contributed by atoms with Crippen molar-refractivity contribution in [2.24, 2.45) is 0 Å². The summed E-state index contributed by atoms with van der Waals surface area (Å²) in [5.74, 6) is 0.0616. The van der Waals surface area contributed by atoms with E-state index in [1.807, 2.05) is 24.1 Å². The quantitative estimate of drug-likeness (QED) is 0.769. The largest absolute Gasteiger partial charge is 0.339 e. The third kappa shape index (κ3) is 4.24. The number of carbonyl (C=O) groups is 3. The monoisotopic (exact) mass is 360 g/mol. The fourth-order valence-electron chi connectivity index (χ4n) is 3.53. The highest BCUT2D eigenvalue weighted by Crippen LogP contribution is 2.24. The molecule has 0 radical (unpaired) electrons. The summed E-state index contributed by atoms with van der Waals surface area (Å²) in [5.41, 5.74) is 1.43. The van der Waals surface area contributed by atoms with E-state index in [0.29, 0.717) is 11.6 Å². The lowest BCUT2D eigenvalue weighted by atomic mass is 10.0. The van der Waals surface area contributed by atoms with Crippen molar-refractivity contribution >= 4 is 28.8 Å². The number of benzene rings is 1. The molecule has 134 valence electrons. The Morgan fingerprint density at radius 2 is 1.92 bits per heavy atom. The molecule has 0 bridgehead atoms. The number of amides is 3. The van der Waals surface area contributed by atoms with Crippen molar-refractivity contribution in [1.82, 2.24) is 9.80 Å². The average Bonchev–Trinajstić information content (AvgIpc) is 2.85. The van der Waals surface area contributed by atoms with Gasteiger partial charge in [-0.15, -0.1) is 0 Å². The van der Waals surface area contributed by atoms with Crippen LogP contribution >= 0.6 is 11.8 Å². The summed E-state index contributed by atoms with van der Waals surface area (Å²) in [5, 5.41) is -0.211. The van der Waals surface area contributed by atoms with Gasteiger partial charge in [-0.05, 0) is 30.5 Å². The molecule has 1 saturated carbocycles. The number of hydrogen-bond donors (Lipinski definition) is 0. The van der Waals surface area contributed by atoms with E-state index in [0.717, 1.165) is 30.2 Å². The molecule has 3 rings (SSSR count). The molecule has 0 unspecified atom stereocenters. The molecule has 2 fully saturated rings. The predicted molar refractivity (Wildman–Crippen MR) is 98.4 cm³/mol. The van der Waals surface area contributed by atoms with E-state index >= 15 is 0 Å². The number of carbonyl (C=O) groups excluding carboxylic acids is 3. The van der Waals surface area contributed by atoms with Crippen molar-refractivity contribution in [2.75, 3.05) is 12.8 Å². The molecule has 1 heterocycles. The maximum atomic E-state index is 12.8. The molecule has 1 saturated heterocycles. The van der Waals surface area contributed by atoms with Crippen LogP contribution in [0.3, 0.4) is 0 Å². The minimum Gasteiger partial charge on any atom is -0.339 e. The van der Waals surface area contributed by atoms with Crippen LogP contribution < -0.4 is 0 Å². The van der Waals surface area contributed by atoms with Crippen molar-refractivity contribution in [3.05, 3.63) is 35.4 Å². The molecular formula is C19H24N2O3S. The summed E-state index contributed by atoms with van der Waals surface area (Å²) in [6.45, 7) is 0.235. The minimum atomic E-state index is -0.211. The third-order valence-corrected chi connectivity index (χ3v) is 5.91. The summed E-state index contributed by atoms with van der Waals surface area (Å²) < 4.78 is 0. The van der Waals surface area contributed by atoms with E-state index in [1.165, 1.54) is 30.6 Å². The first kappa shape index (κ1) is 18.0. The Bertz CT molecular complexity index is 652. The Kier molecular flexibility index (Phi) is 5.78. The maximum absolute atomic E-state index is 12.8. The zero-order valence-electron chi connectivity index (χ0n) is 14.6. The third-order valence-electron chi connectivity index (χ3n) is 5.05. The first-order valence-electron chi connectivity index (χ1n) is 8.89. The van der Waals surface area contributed by atoms with E-state index in [2.05, 4.69) is 0 Å². The summed E-state index contributed by atoms with van der Waals surface area (Å²) in [4.78, 5) is 39.5. The summed E-state index contributed by atoms with van der Waals surface area (Å²) in [6, 6.07) is 7.59. The SMILES string of the molecule is CN(C(=O)c1cccc(CN2C(=O)CSC2=O)c1)C1CCCCCC1. The van der Waals surface area contributed by atoms with Crippen LogP contribution in [0.5, 0.6) is 0 Å². The van der Waals surface area contributed by atoms with Gasteiger partial charge in [0.1, 0.15) is 0 Å². The molecule has 1 aromatic carbocycles. The zero-order valence-corrected chi connectivity index (χ0v) is 15.4. The molecule has 5 nitrogen and oxygen atoms in total. The van der Waals surface area contributed by atoms with E-state index in [4.69, 9.17) is 0 Å². The Morgan fingerprint density at radius 1 is 1.20 bits per heavy atom. The molecule has 2 aliphatic rings. The molecule has 6 heteroatoms. The van der Waals surface area contributed by atoms with Gasteiger partial charge >= 0.3 is 0 Å². The average molecular weight is 360 g/mol. The van der Waals surface area contributed by atoms with Gasteiger partial charge in [0.15, 0.2) is 0 Å². The lowest BCUT2D eigenvalue weighted by Crippen LogP contribution is -2.36. The number of imide groups is 1. The van der Waals surface area contributed by atoms with E-state index in [9.17, 15) is 14.4 Å². The highest BCUT2D eigenvalue weighted by Gasteiger charge is 2.30. The highest BCUT2D eigenvalue weighted by atomic mass is 32.2. The molecule has 25 heavy (non-hydrogen) atoms. The fourth-order valence-corrected chi connectivity index (χ4v) is 4.26. The Morgan fingerprint density at radius 3 is 2.56 bits per heavy atom. The number of hydrogen-bond acceptors (Lipinski definition) is 4. The smallest absolute Gasteiger partial charge is 0.289 e. The van der Waals surface area contributed by atoms with Crippen LogP contribution in [0.25, 0.3) is 0 Å². The molecular weight excluding hydrogens is 336 g/mol. The second-order valence-corrected chi connectivity index (χ2v) is 7.72. The second kappa shape index (κ2) is 8.04. The molecule has 1 aromatic rings. The van der Waals surface area contributed by atoms with Crippen LogP contribution in [0.2, 0.25) is 0 Å². The summed E-state index contributed by atoms with van der Waals surface area (Å²) in [7, 11) is 1.88. The van der Waals surface area contributed by atoms with Crippen LogP contribution in [0.1, 0.15) is 54.4 Å². The van der Waals surface area contributed by atoms with Crippen molar-refractivity contribution in [2.45, 2.75) is 51.1 Å². The fraction of sp³-hybridized carbons (Fsp3) is 0.526. The topological polar surface area (TPSA) is 57.7 Å². The van der Waals surface area contributed by atoms with Crippen molar-refractivity contribution in [3.63, 3.8) is 0 Å². The van der Waals surface area contributed by atoms with Gasteiger partial charge in [-0.25, -0.2) is 0 Å². The molecule has 0 spiro atoms. The van der Waals surface area contributed by atoms with Gasteiger partial charge in [0.25, 0.3) is 11.1 Å². The standard InChI is InChI=1S/C19H24N2O3S/c1-20(16-9-4-2-3-5-10-16)18(23)15-8-6-7-14(11-15)12-21-17(22)13-25-19(21)24/h6-8,11,16H,2-5,9-10,12-13H2,1H3. The number of nitrogens with zero attached hydrogens (tertiary/aromatic N) is 2. The Hall–Kier alpha value is -1.82. The van der Waals surface area contributed by atoms with Crippen LogP contribution in [-0.4, -0.2) is 45.7 Å². The van der Waals surface area contributed by atoms with Gasteiger partial charge in [0.05, 0.1) is 12.3 Å². The number of rotatable bonds is 4. The van der Waals surface area contributed by atoms with Gasteiger partial charge in [0, 0.05) is 18.7 Å². The molecule has 1 aliphatic carbocycles. The van der Waals surface area contributed by atoms with Crippen LogP contribution in [0.4, 0.5) is 4.79 Å². The Labute approximate surface area is 152 Å². The Balaban J connectivity index is 1.70.